The molecule has 1 unspecified atom stereocenters. The van der Waals surface area contributed by atoms with Crippen LogP contribution in [0.2, 0.25) is 0 Å². The van der Waals surface area contributed by atoms with Gasteiger partial charge in [-0.1, -0.05) is 20.8 Å². The van der Waals surface area contributed by atoms with Crippen molar-refractivity contribution in [3.63, 3.8) is 0 Å². The Morgan fingerprint density at radius 3 is 2.40 bits per heavy atom. The maximum atomic E-state index is 12.1. The molecule has 0 aliphatic carbocycles. The second kappa shape index (κ2) is 7.61. The summed E-state index contributed by atoms with van der Waals surface area (Å²) in [6, 6.07) is 0.420. The predicted octanol–water partition coefficient (Wildman–Crippen LogP) is 2.81. The summed E-state index contributed by atoms with van der Waals surface area (Å²) < 4.78 is 41.0. The van der Waals surface area contributed by atoms with Gasteiger partial charge in [0, 0.05) is 31.2 Å². The Hall–Kier alpha value is -0.330. The summed E-state index contributed by atoms with van der Waals surface area (Å²) in [5.41, 5.74) is 0.0489. The third-order valence-electron chi connectivity index (χ3n) is 4.41. The zero-order chi connectivity index (χ0) is 15.2. The molecular weight excluding hydrogens is 269 g/mol. The average Bonchev–Trinajstić information content (AvgIpc) is 2.42. The highest BCUT2D eigenvalue weighted by atomic mass is 19.4. The summed E-state index contributed by atoms with van der Waals surface area (Å²) in [6.07, 6.45) is -1.22. The van der Waals surface area contributed by atoms with Crippen molar-refractivity contribution in [2.75, 3.05) is 32.8 Å². The van der Waals surface area contributed by atoms with Crippen LogP contribution in [0.15, 0.2) is 0 Å². The second-order valence-corrected chi connectivity index (χ2v) is 5.53. The van der Waals surface area contributed by atoms with Gasteiger partial charge in [0.25, 0.3) is 0 Å². The van der Waals surface area contributed by atoms with Crippen molar-refractivity contribution >= 4 is 0 Å². The Morgan fingerprint density at radius 1 is 1.25 bits per heavy atom. The maximum Gasteiger partial charge on any atom is 0.411 e. The average molecular weight is 296 g/mol. The normalized spacial score (nSPS) is 24.0. The summed E-state index contributed by atoms with van der Waals surface area (Å²) in [7, 11) is 0. The molecule has 0 aromatic carbocycles. The van der Waals surface area contributed by atoms with Gasteiger partial charge in [-0.15, -0.1) is 0 Å². The molecule has 1 saturated heterocycles. The molecule has 0 saturated carbocycles. The minimum atomic E-state index is -4.23. The first-order valence-corrected chi connectivity index (χ1v) is 7.49. The number of ether oxygens (including phenoxy) is 1. The van der Waals surface area contributed by atoms with Gasteiger partial charge in [0.15, 0.2) is 0 Å². The number of nitrogens with one attached hydrogen (secondary N) is 1. The number of nitrogens with zero attached hydrogens (tertiary/aromatic N) is 1. The largest absolute Gasteiger partial charge is 0.411 e. The summed E-state index contributed by atoms with van der Waals surface area (Å²) in [5, 5.41) is 3.54. The summed E-state index contributed by atoms with van der Waals surface area (Å²) in [5.74, 6) is 0. The molecule has 0 radical (unpaired) electrons. The predicted molar refractivity (Wildman–Crippen MR) is 73.8 cm³/mol. The van der Waals surface area contributed by atoms with Gasteiger partial charge in [-0.05, 0) is 19.3 Å². The molecule has 0 spiro atoms. The number of halogens is 3. The van der Waals surface area contributed by atoms with Crippen molar-refractivity contribution < 1.29 is 17.9 Å². The fourth-order valence-corrected chi connectivity index (χ4v) is 2.88. The Labute approximate surface area is 119 Å². The highest BCUT2D eigenvalue weighted by Gasteiger charge is 2.38. The van der Waals surface area contributed by atoms with Crippen LogP contribution in [0.1, 0.15) is 40.0 Å². The van der Waals surface area contributed by atoms with Gasteiger partial charge in [-0.2, -0.15) is 13.2 Å². The zero-order valence-corrected chi connectivity index (χ0v) is 12.7. The fraction of sp³-hybridized carbons (Fsp3) is 1.00. The van der Waals surface area contributed by atoms with E-state index in [0.29, 0.717) is 12.6 Å². The van der Waals surface area contributed by atoms with E-state index in [0.717, 1.165) is 32.4 Å². The molecule has 0 aromatic rings. The zero-order valence-electron chi connectivity index (χ0n) is 12.7. The van der Waals surface area contributed by atoms with Crippen LogP contribution in [-0.2, 0) is 4.74 Å². The molecule has 1 fully saturated rings. The fourth-order valence-electron chi connectivity index (χ4n) is 2.88. The molecule has 6 heteroatoms. The number of rotatable bonds is 7. The first kappa shape index (κ1) is 17.7. The van der Waals surface area contributed by atoms with E-state index in [-0.39, 0.29) is 12.1 Å². The topological polar surface area (TPSA) is 24.5 Å². The molecule has 0 aromatic heterocycles. The molecule has 120 valence electrons. The van der Waals surface area contributed by atoms with Crippen LogP contribution in [0.3, 0.4) is 0 Å². The Morgan fingerprint density at radius 2 is 1.90 bits per heavy atom. The van der Waals surface area contributed by atoms with E-state index < -0.39 is 12.8 Å². The molecule has 1 N–H and O–H groups in total. The number of piperazine rings is 1. The third kappa shape index (κ3) is 4.90. The van der Waals surface area contributed by atoms with E-state index in [9.17, 15) is 13.2 Å². The Balaban J connectivity index is 2.52. The van der Waals surface area contributed by atoms with E-state index in [4.69, 9.17) is 4.74 Å². The summed E-state index contributed by atoms with van der Waals surface area (Å²) >= 11 is 0. The molecular formula is C14H27F3N2O. The lowest BCUT2D eigenvalue weighted by Crippen LogP contribution is -2.64. The van der Waals surface area contributed by atoms with Gasteiger partial charge in [-0.25, -0.2) is 0 Å². The van der Waals surface area contributed by atoms with Gasteiger partial charge in [0.1, 0.15) is 6.61 Å². The highest BCUT2D eigenvalue weighted by Crippen LogP contribution is 2.27. The lowest BCUT2D eigenvalue weighted by Gasteiger charge is -2.49. The van der Waals surface area contributed by atoms with Gasteiger partial charge >= 0.3 is 6.18 Å². The van der Waals surface area contributed by atoms with Gasteiger partial charge < -0.3 is 10.1 Å². The van der Waals surface area contributed by atoms with Gasteiger partial charge in [0.05, 0.1) is 6.61 Å². The van der Waals surface area contributed by atoms with Gasteiger partial charge in [0.2, 0.25) is 0 Å². The minimum absolute atomic E-state index is 0.0489. The van der Waals surface area contributed by atoms with Crippen LogP contribution in [0, 0.1) is 0 Å². The van der Waals surface area contributed by atoms with Crippen molar-refractivity contribution in [3.05, 3.63) is 0 Å². The van der Waals surface area contributed by atoms with Crippen molar-refractivity contribution in [2.24, 2.45) is 0 Å². The lowest BCUT2D eigenvalue weighted by molar-refractivity contribution is -0.175. The molecule has 1 rings (SSSR count). The van der Waals surface area contributed by atoms with Crippen molar-refractivity contribution in [2.45, 2.75) is 57.8 Å². The standard InChI is InChI=1S/C14H27F3N2O/c1-4-12-9-19(7-8-20-11-14(15,16)17)13(5-2,6-3)10-18-12/h12,18H,4-11H2,1-3H3. The van der Waals surface area contributed by atoms with Crippen molar-refractivity contribution in [3.8, 4) is 0 Å². The highest BCUT2D eigenvalue weighted by molar-refractivity contribution is 4.97. The molecule has 3 nitrogen and oxygen atoms in total. The Kier molecular flexibility index (Phi) is 6.75. The SMILES string of the molecule is CCC1CN(CCOCC(F)(F)F)C(CC)(CC)CN1. The van der Waals surface area contributed by atoms with Crippen molar-refractivity contribution in [1.82, 2.24) is 10.2 Å². The quantitative estimate of drug-likeness (QED) is 0.731. The summed E-state index contributed by atoms with van der Waals surface area (Å²) in [6.45, 7) is 7.74. The van der Waals surface area contributed by atoms with Crippen LogP contribution >= 0.6 is 0 Å². The van der Waals surface area contributed by atoms with Crippen LogP contribution in [0.5, 0.6) is 0 Å². The van der Waals surface area contributed by atoms with Crippen LogP contribution in [-0.4, -0.2) is 55.5 Å². The second-order valence-electron chi connectivity index (χ2n) is 5.53. The number of hydrogen-bond donors (Lipinski definition) is 1. The van der Waals surface area contributed by atoms with Crippen LogP contribution < -0.4 is 5.32 Å². The van der Waals surface area contributed by atoms with E-state index in [1.165, 1.54) is 0 Å². The molecule has 0 amide bonds. The number of alkyl halides is 3. The van der Waals surface area contributed by atoms with Crippen molar-refractivity contribution in [1.29, 1.82) is 0 Å². The van der Waals surface area contributed by atoms with E-state index >= 15 is 0 Å². The first-order chi connectivity index (χ1) is 9.37. The molecule has 20 heavy (non-hydrogen) atoms. The van der Waals surface area contributed by atoms with E-state index in [2.05, 4.69) is 31.0 Å². The smallest absolute Gasteiger partial charge is 0.371 e. The maximum absolute atomic E-state index is 12.1. The van der Waals surface area contributed by atoms with E-state index in [1.807, 2.05) is 0 Å². The molecule has 1 heterocycles. The van der Waals surface area contributed by atoms with E-state index in [1.54, 1.807) is 0 Å². The molecule has 0 bridgehead atoms. The molecule has 1 aliphatic heterocycles. The molecule has 1 atom stereocenters. The monoisotopic (exact) mass is 296 g/mol. The lowest BCUT2D eigenvalue weighted by atomic mass is 9.87. The first-order valence-electron chi connectivity index (χ1n) is 7.49. The Bertz CT molecular complexity index is 280. The number of hydrogen-bond acceptors (Lipinski definition) is 3. The minimum Gasteiger partial charge on any atom is -0.371 e. The molecule has 1 aliphatic rings. The van der Waals surface area contributed by atoms with Crippen LogP contribution in [0.25, 0.3) is 0 Å². The van der Waals surface area contributed by atoms with Crippen LogP contribution in [0.4, 0.5) is 13.2 Å². The third-order valence-corrected chi connectivity index (χ3v) is 4.41. The summed E-state index contributed by atoms with van der Waals surface area (Å²) in [4.78, 5) is 2.31. The van der Waals surface area contributed by atoms with Gasteiger partial charge in [-0.3, -0.25) is 4.90 Å².